The number of hydrogen-bond acceptors (Lipinski definition) is 10. The molecule has 1 atom stereocenters. The van der Waals surface area contributed by atoms with Crippen molar-refractivity contribution in [2.45, 2.75) is 57.7 Å². The molecule has 0 bridgehead atoms. The molecule has 19 heteroatoms. The summed E-state index contributed by atoms with van der Waals surface area (Å²) in [7, 11) is -1.43. The first-order valence-corrected chi connectivity index (χ1v) is 18.2. The largest absolute Gasteiger partial charge is 0.475 e. The van der Waals surface area contributed by atoms with Crippen LogP contribution in [-0.2, 0) is 28.6 Å². The number of amides is 1. The fraction of sp³-hybridized carbons (Fsp3) is 0.500. The molecule has 0 aliphatic carbocycles. The highest BCUT2D eigenvalue weighted by Crippen LogP contribution is 2.32. The zero-order valence-electron chi connectivity index (χ0n) is 26.0. The summed E-state index contributed by atoms with van der Waals surface area (Å²) in [5, 5.41) is 6.48. The van der Waals surface area contributed by atoms with Gasteiger partial charge >= 0.3 is 12.4 Å². The minimum atomic E-state index is -4.96. The maximum absolute atomic E-state index is 13.9. The Balaban J connectivity index is 1.36. The number of carbonyl (C=O) groups excluding carboxylic acids is 1. The van der Waals surface area contributed by atoms with E-state index in [4.69, 9.17) is 9.47 Å². The van der Waals surface area contributed by atoms with Crippen LogP contribution >= 0.6 is 0 Å². The summed E-state index contributed by atoms with van der Waals surface area (Å²) in [6.07, 6.45) is -5.93. The maximum atomic E-state index is 13.9. The lowest BCUT2D eigenvalue weighted by molar-refractivity contribution is -0.139. The van der Waals surface area contributed by atoms with Gasteiger partial charge in [0.25, 0.3) is 5.56 Å². The van der Waals surface area contributed by atoms with Crippen molar-refractivity contribution < 1.29 is 40.6 Å². The molecule has 1 amide bonds. The third-order valence-electron chi connectivity index (χ3n) is 6.92. The highest BCUT2D eigenvalue weighted by Gasteiger charge is 2.39. The number of anilines is 3. The van der Waals surface area contributed by atoms with Gasteiger partial charge in [-0.3, -0.25) is 9.59 Å². The Kier molecular flexibility index (Phi) is 10.8. The second-order valence-corrected chi connectivity index (χ2v) is 17.7. The number of carbonyl (C=O) groups is 1. The van der Waals surface area contributed by atoms with E-state index in [0.29, 0.717) is 29.4 Å². The second kappa shape index (κ2) is 14.2. The van der Waals surface area contributed by atoms with Crippen LogP contribution in [0, 0.1) is 0 Å². The average molecular weight is 689 g/mol. The summed E-state index contributed by atoms with van der Waals surface area (Å²) in [6, 6.07) is 3.07. The number of rotatable bonds is 12. The summed E-state index contributed by atoms with van der Waals surface area (Å²) in [6.45, 7) is 7.84. The molecule has 4 heterocycles. The number of pyridine rings is 1. The van der Waals surface area contributed by atoms with Gasteiger partial charge in [-0.2, -0.15) is 31.4 Å². The Hall–Kier alpha value is -4.26. The van der Waals surface area contributed by atoms with Gasteiger partial charge < -0.3 is 24.6 Å². The number of nitrogens with one attached hydrogen (secondary N) is 1. The first-order chi connectivity index (χ1) is 21.9. The monoisotopic (exact) mass is 688 g/mol. The van der Waals surface area contributed by atoms with E-state index in [0.717, 1.165) is 12.2 Å². The molecule has 1 saturated heterocycles. The van der Waals surface area contributed by atoms with Gasteiger partial charge in [0.1, 0.15) is 25.4 Å². The SMILES string of the molecule is CC(COc1cc(N2CCN(c3ncc(C(F)(F)F)cn3)CC2=O)ccn1)Nc1cnn(COCC[Si](C)(C)C)c(=O)c1C(F)(F)F. The Morgan fingerprint density at radius 3 is 2.32 bits per heavy atom. The number of halogens is 6. The summed E-state index contributed by atoms with van der Waals surface area (Å²) in [5.41, 5.74) is -3.84. The maximum Gasteiger partial charge on any atom is 0.423 e. The van der Waals surface area contributed by atoms with E-state index in [1.165, 1.54) is 22.1 Å². The van der Waals surface area contributed by atoms with Crippen molar-refractivity contribution in [3.63, 3.8) is 0 Å². The van der Waals surface area contributed by atoms with Gasteiger partial charge in [0, 0.05) is 52.4 Å². The third kappa shape index (κ3) is 9.63. The second-order valence-electron chi connectivity index (χ2n) is 12.0. The fourth-order valence-electron chi connectivity index (χ4n) is 4.40. The van der Waals surface area contributed by atoms with Gasteiger partial charge in [0.05, 0.1) is 29.2 Å². The van der Waals surface area contributed by atoms with Gasteiger partial charge in [0.2, 0.25) is 17.7 Å². The summed E-state index contributed by atoms with van der Waals surface area (Å²) in [5.74, 6) is -0.314. The van der Waals surface area contributed by atoms with Crippen molar-refractivity contribution in [3.8, 4) is 5.88 Å². The summed E-state index contributed by atoms with van der Waals surface area (Å²) < 4.78 is 91.9. The van der Waals surface area contributed by atoms with E-state index in [-0.39, 0.29) is 44.0 Å². The number of ether oxygens (including phenoxy) is 2. The Morgan fingerprint density at radius 1 is 1.00 bits per heavy atom. The Labute approximate surface area is 266 Å². The van der Waals surface area contributed by atoms with Crippen LogP contribution in [0.4, 0.5) is 43.7 Å². The number of alkyl halides is 6. The van der Waals surface area contributed by atoms with Crippen LogP contribution in [0.5, 0.6) is 5.88 Å². The van der Waals surface area contributed by atoms with Gasteiger partial charge in [-0.25, -0.2) is 19.6 Å². The number of nitrogens with zero attached hydrogens (tertiary/aromatic N) is 7. The molecule has 1 unspecified atom stereocenters. The quantitative estimate of drug-likeness (QED) is 0.165. The van der Waals surface area contributed by atoms with Crippen molar-refractivity contribution in [2.24, 2.45) is 0 Å². The zero-order chi connectivity index (χ0) is 34.6. The lowest BCUT2D eigenvalue weighted by atomic mass is 10.2. The lowest BCUT2D eigenvalue weighted by Crippen LogP contribution is -2.51. The van der Waals surface area contributed by atoms with Crippen LogP contribution in [0.25, 0.3) is 0 Å². The van der Waals surface area contributed by atoms with E-state index in [2.05, 4.69) is 45.0 Å². The summed E-state index contributed by atoms with van der Waals surface area (Å²) >= 11 is 0. The number of hydrogen-bond donors (Lipinski definition) is 1. The molecule has 47 heavy (non-hydrogen) atoms. The van der Waals surface area contributed by atoms with Crippen LogP contribution in [0.2, 0.25) is 25.7 Å². The minimum absolute atomic E-state index is 0.0155. The van der Waals surface area contributed by atoms with E-state index >= 15 is 0 Å². The molecule has 4 rings (SSSR count). The van der Waals surface area contributed by atoms with Crippen molar-refractivity contribution in [1.29, 1.82) is 0 Å². The van der Waals surface area contributed by atoms with Crippen LogP contribution in [0.1, 0.15) is 18.1 Å². The standard InChI is InChI=1S/C28H34F6N8O4Si/c1-18(39-21-14-38-42(17-45-9-10-47(2,3)4)25(44)24(21)28(32,33)34)16-46-22-11-20(5-6-35-22)41-8-7-40(15-23(41)43)26-36-12-19(13-37-26)27(29,30)31/h5-6,11-14,18,39H,7-10,15-17H2,1-4H3. The normalized spacial score (nSPS) is 15.1. The van der Waals surface area contributed by atoms with Crippen molar-refractivity contribution in [3.05, 3.63) is 58.4 Å². The third-order valence-corrected chi connectivity index (χ3v) is 8.62. The molecular formula is C28H34F6N8O4Si. The van der Waals surface area contributed by atoms with Crippen molar-refractivity contribution in [2.75, 3.05) is 48.0 Å². The van der Waals surface area contributed by atoms with E-state index in [9.17, 15) is 35.9 Å². The average Bonchev–Trinajstić information content (AvgIpc) is 2.98. The predicted molar refractivity (Wildman–Crippen MR) is 162 cm³/mol. The van der Waals surface area contributed by atoms with Gasteiger partial charge in [-0.15, -0.1) is 0 Å². The molecule has 0 spiro atoms. The zero-order valence-corrected chi connectivity index (χ0v) is 27.0. The minimum Gasteiger partial charge on any atom is -0.475 e. The Bertz CT molecular complexity index is 1600. The van der Waals surface area contributed by atoms with Gasteiger partial charge in [0.15, 0.2) is 0 Å². The van der Waals surface area contributed by atoms with Crippen LogP contribution < -0.4 is 25.4 Å². The van der Waals surface area contributed by atoms with E-state index in [1.807, 2.05) is 0 Å². The molecule has 3 aromatic heterocycles. The molecule has 3 aromatic rings. The molecule has 12 nitrogen and oxygen atoms in total. The summed E-state index contributed by atoms with van der Waals surface area (Å²) in [4.78, 5) is 40.1. The van der Waals surface area contributed by atoms with Crippen LogP contribution in [-0.4, -0.2) is 77.6 Å². The van der Waals surface area contributed by atoms with E-state index < -0.39 is 55.6 Å². The smallest absolute Gasteiger partial charge is 0.423 e. The fourth-order valence-corrected chi connectivity index (χ4v) is 5.16. The molecule has 1 fully saturated rings. The van der Waals surface area contributed by atoms with Gasteiger partial charge in [-0.1, -0.05) is 19.6 Å². The lowest BCUT2D eigenvalue weighted by Gasteiger charge is -2.34. The predicted octanol–water partition coefficient (Wildman–Crippen LogP) is 4.51. The first-order valence-electron chi connectivity index (χ1n) is 14.5. The number of piperazine rings is 1. The molecule has 0 aromatic carbocycles. The highest BCUT2D eigenvalue weighted by molar-refractivity contribution is 6.76. The van der Waals surface area contributed by atoms with Crippen molar-refractivity contribution in [1.82, 2.24) is 24.7 Å². The Morgan fingerprint density at radius 2 is 1.70 bits per heavy atom. The van der Waals surface area contributed by atoms with E-state index in [1.54, 1.807) is 13.0 Å². The number of aromatic nitrogens is 5. The first kappa shape index (κ1) is 35.6. The molecule has 1 N–H and O–H groups in total. The molecule has 1 aliphatic rings. The van der Waals surface area contributed by atoms with Crippen molar-refractivity contribution >= 4 is 31.3 Å². The molecule has 1 aliphatic heterocycles. The van der Waals surface area contributed by atoms with Crippen LogP contribution in [0.3, 0.4) is 0 Å². The highest BCUT2D eigenvalue weighted by atomic mass is 28.3. The molecule has 0 saturated carbocycles. The topological polar surface area (TPSA) is 128 Å². The molecular weight excluding hydrogens is 654 g/mol. The molecule has 256 valence electrons. The van der Waals surface area contributed by atoms with Gasteiger partial charge in [-0.05, 0) is 19.0 Å². The van der Waals surface area contributed by atoms with Crippen LogP contribution in [0.15, 0.2) is 41.7 Å². The molecule has 0 radical (unpaired) electrons.